The zero-order chi connectivity index (χ0) is 26.3. The standard InChI is InChI=1S/C28H18F5N3O/c1-16-7-10-18(11-8-16)35-27(37)21-14-17(9-12-22(21)28(31,32)33)19-5-3-13-36-24(15-34-26(19)36)20-4-2-6-23(29)25(20)30/h2-15H,1H3,(H,35,37). The fourth-order valence-electron chi connectivity index (χ4n) is 4.12. The van der Waals surface area contributed by atoms with Gasteiger partial charge in [-0.2, -0.15) is 13.2 Å². The fraction of sp³-hybridized carbons (Fsp3) is 0.0714. The van der Waals surface area contributed by atoms with Gasteiger partial charge in [0.25, 0.3) is 5.91 Å². The minimum atomic E-state index is -4.76. The van der Waals surface area contributed by atoms with Gasteiger partial charge in [-0.15, -0.1) is 0 Å². The van der Waals surface area contributed by atoms with Crippen LogP contribution in [0, 0.1) is 18.6 Å². The van der Waals surface area contributed by atoms with Crippen LogP contribution in [-0.2, 0) is 6.18 Å². The molecule has 37 heavy (non-hydrogen) atoms. The first kappa shape index (κ1) is 24.2. The molecule has 1 N–H and O–H groups in total. The summed E-state index contributed by atoms with van der Waals surface area (Å²) >= 11 is 0. The number of alkyl halides is 3. The number of hydrogen-bond acceptors (Lipinski definition) is 2. The molecule has 1 amide bonds. The lowest BCUT2D eigenvalue weighted by atomic mass is 9.98. The summed E-state index contributed by atoms with van der Waals surface area (Å²) in [5, 5.41) is 2.51. The van der Waals surface area contributed by atoms with Crippen LogP contribution < -0.4 is 5.32 Å². The highest BCUT2D eigenvalue weighted by Gasteiger charge is 2.35. The molecule has 0 saturated carbocycles. The Hall–Kier alpha value is -4.53. The molecule has 0 atom stereocenters. The van der Waals surface area contributed by atoms with Crippen LogP contribution in [0.4, 0.5) is 27.6 Å². The first-order chi connectivity index (χ1) is 17.6. The molecule has 0 aliphatic carbocycles. The second-order valence-electron chi connectivity index (χ2n) is 8.44. The van der Waals surface area contributed by atoms with Crippen molar-refractivity contribution in [1.82, 2.24) is 9.38 Å². The maximum absolute atomic E-state index is 14.4. The maximum Gasteiger partial charge on any atom is 0.417 e. The van der Waals surface area contributed by atoms with Crippen molar-refractivity contribution in [1.29, 1.82) is 0 Å². The van der Waals surface area contributed by atoms with E-state index in [0.29, 0.717) is 22.5 Å². The molecule has 0 saturated heterocycles. The quantitative estimate of drug-likeness (QED) is 0.256. The summed E-state index contributed by atoms with van der Waals surface area (Å²) in [6.07, 6.45) is -1.83. The Morgan fingerprint density at radius 3 is 2.38 bits per heavy atom. The number of fused-ring (bicyclic) bond motifs is 1. The number of carbonyl (C=O) groups excluding carboxylic acids is 1. The van der Waals surface area contributed by atoms with E-state index in [1.54, 1.807) is 42.6 Å². The number of nitrogens with zero attached hydrogens (tertiary/aromatic N) is 2. The van der Waals surface area contributed by atoms with E-state index in [0.717, 1.165) is 23.8 Å². The largest absolute Gasteiger partial charge is 0.417 e. The third kappa shape index (κ3) is 4.55. The Morgan fingerprint density at radius 1 is 0.919 bits per heavy atom. The zero-order valence-corrected chi connectivity index (χ0v) is 19.3. The molecule has 0 bridgehead atoms. The average molecular weight is 507 g/mol. The van der Waals surface area contributed by atoms with Crippen molar-refractivity contribution >= 4 is 17.2 Å². The van der Waals surface area contributed by atoms with Crippen molar-refractivity contribution in [2.45, 2.75) is 13.1 Å². The lowest BCUT2D eigenvalue weighted by molar-refractivity contribution is -0.137. The van der Waals surface area contributed by atoms with Gasteiger partial charge in [-0.25, -0.2) is 13.8 Å². The molecule has 3 aromatic carbocycles. The number of hydrogen-bond donors (Lipinski definition) is 1. The van der Waals surface area contributed by atoms with E-state index in [1.807, 2.05) is 6.92 Å². The van der Waals surface area contributed by atoms with E-state index in [9.17, 15) is 26.7 Å². The highest BCUT2D eigenvalue weighted by molar-refractivity contribution is 6.06. The molecule has 186 valence electrons. The van der Waals surface area contributed by atoms with Gasteiger partial charge < -0.3 is 5.32 Å². The lowest BCUT2D eigenvalue weighted by Crippen LogP contribution is -2.19. The van der Waals surface area contributed by atoms with Gasteiger partial charge in [0.1, 0.15) is 5.65 Å². The van der Waals surface area contributed by atoms with Crippen molar-refractivity contribution in [2.24, 2.45) is 0 Å². The fourth-order valence-corrected chi connectivity index (χ4v) is 4.12. The predicted octanol–water partition coefficient (Wildman–Crippen LogP) is 7.53. The van der Waals surface area contributed by atoms with E-state index in [1.165, 1.54) is 28.8 Å². The van der Waals surface area contributed by atoms with Crippen LogP contribution >= 0.6 is 0 Å². The van der Waals surface area contributed by atoms with Gasteiger partial charge >= 0.3 is 6.18 Å². The van der Waals surface area contributed by atoms with Crippen LogP contribution in [0.15, 0.2) is 85.2 Å². The Kier molecular flexibility index (Phi) is 5.99. The minimum absolute atomic E-state index is 0.0183. The number of imidazole rings is 1. The molecule has 0 fully saturated rings. The van der Waals surface area contributed by atoms with Gasteiger partial charge in [-0.3, -0.25) is 9.20 Å². The van der Waals surface area contributed by atoms with E-state index >= 15 is 0 Å². The van der Waals surface area contributed by atoms with Crippen LogP contribution in [-0.4, -0.2) is 15.3 Å². The number of pyridine rings is 1. The average Bonchev–Trinajstić information content (AvgIpc) is 3.30. The van der Waals surface area contributed by atoms with Gasteiger partial charge in [0, 0.05) is 23.0 Å². The monoisotopic (exact) mass is 507 g/mol. The summed E-state index contributed by atoms with van der Waals surface area (Å²) in [5.41, 5.74) is 0.883. The van der Waals surface area contributed by atoms with Crippen molar-refractivity contribution in [3.05, 3.63) is 114 Å². The van der Waals surface area contributed by atoms with Crippen molar-refractivity contribution in [2.75, 3.05) is 5.32 Å². The molecular formula is C28H18F5N3O. The number of halogens is 5. The van der Waals surface area contributed by atoms with Crippen molar-refractivity contribution in [3.8, 4) is 22.4 Å². The molecule has 4 nitrogen and oxygen atoms in total. The molecule has 0 aliphatic heterocycles. The molecule has 0 radical (unpaired) electrons. The summed E-state index contributed by atoms with van der Waals surface area (Å²) in [5.74, 6) is -2.98. The molecule has 5 rings (SSSR count). The summed E-state index contributed by atoms with van der Waals surface area (Å²) in [6, 6.07) is 16.9. The van der Waals surface area contributed by atoms with E-state index in [-0.39, 0.29) is 11.3 Å². The SMILES string of the molecule is Cc1ccc(NC(=O)c2cc(-c3cccn4c(-c5cccc(F)c5F)cnc34)ccc2C(F)(F)F)cc1. The van der Waals surface area contributed by atoms with E-state index in [2.05, 4.69) is 10.3 Å². The molecule has 0 aliphatic rings. The van der Waals surface area contributed by atoms with Gasteiger partial charge in [0.15, 0.2) is 11.6 Å². The number of amides is 1. The lowest BCUT2D eigenvalue weighted by Gasteiger charge is -2.15. The first-order valence-corrected chi connectivity index (χ1v) is 11.1. The molecule has 2 aromatic heterocycles. The smallest absolute Gasteiger partial charge is 0.322 e. The van der Waals surface area contributed by atoms with Crippen LogP contribution in [0.5, 0.6) is 0 Å². The number of aryl methyl sites for hydroxylation is 1. The Bertz CT molecular complexity index is 1640. The number of anilines is 1. The predicted molar refractivity (Wildman–Crippen MR) is 130 cm³/mol. The summed E-state index contributed by atoms with van der Waals surface area (Å²) in [4.78, 5) is 17.3. The molecule has 2 heterocycles. The number of aromatic nitrogens is 2. The molecule has 0 unspecified atom stereocenters. The van der Waals surface area contributed by atoms with E-state index < -0.39 is 34.8 Å². The number of rotatable bonds is 4. The highest BCUT2D eigenvalue weighted by atomic mass is 19.4. The minimum Gasteiger partial charge on any atom is -0.322 e. The number of nitrogens with one attached hydrogen (secondary N) is 1. The molecule has 9 heteroatoms. The van der Waals surface area contributed by atoms with Crippen molar-refractivity contribution < 1.29 is 26.7 Å². The third-order valence-corrected chi connectivity index (χ3v) is 5.95. The number of carbonyl (C=O) groups is 1. The normalized spacial score (nSPS) is 11.6. The van der Waals surface area contributed by atoms with Gasteiger partial charge in [0.05, 0.1) is 23.0 Å². The maximum atomic E-state index is 14.4. The topological polar surface area (TPSA) is 46.4 Å². The summed E-state index contributed by atoms with van der Waals surface area (Å²) < 4.78 is 71.1. The Balaban J connectivity index is 1.61. The first-order valence-electron chi connectivity index (χ1n) is 11.1. The summed E-state index contributed by atoms with van der Waals surface area (Å²) in [6.45, 7) is 1.85. The Morgan fingerprint density at radius 2 is 1.65 bits per heavy atom. The van der Waals surface area contributed by atoms with Crippen LogP contribution in [0.3, 0.4) is 0 Å². The highest BCUT2D eigenvalue weighted by Crippen LogP contribution is 2.36. The van der Waals surface area contributed by atoms with Crippen molar-refractivity contribution in [3.63, 3.8) is 0 Å². The van der Waals surface area contributed by atoms with Crippen LogP contribution in [0.25, 0.3) is 28.0 Å². The zero-order valence-electron chi connectivity index (χ0n) is 19.3. The van der Waals surface area contributed by atoms with Gasteiger partial charge in [0.2, 0.25) is 0 Å². The third-order valence-electron chi connectivity index (χ3n) is 5.95. The molecule has 5 aromatic rings. The van der Waals surface area contributed by atoms with Crippen LogP contribution in [0.2, 0.25) is 0 Å². The second-order valence-corrected chi connectivity index (χ2v) is 8.44. The van der Waals surface area contributed by atoms with E-state index in [4.69, 9.17) is 0 Å². The second kappa shape index (κ2) is 9.16. The van der Waals surface area contributed by atoms with Gasteiger partial charge in [-0.05, 0) is 61.0 Å². The Labute approximate surface area is 208 Å². The van der Waals surface area contributed by atoms with Crippen LogP contribution in [0.1, 0.15) is 21.5 Å². The molecule has 0 spiro atoms. The number of benzene rings is 3. The summed E-state index contributed by atoms with van der Waals surface area (Å²) in [7, 11) is 0. The van der Waals surface area contributed by atoms with Gasteiger partial charge in [-0.1, -0.05) is 29.8 Å². The molecular weight excluding hydrogens is 489 g/mol.